The molecule has 0 aromatic rings. The lowest BCUT2D eigenvalue weighted by molar-refractivity contribution is -0.797. The minimum absolute atomic E-state index is 0.0191. The molecule has 2 fully saturated rings. The summed E-state index contributed by atoms with van der Waals surface area (Å²) in [7, 11) is 0. The number of likely N-dealkylation sites (tertiary alicyclic amines) is 1. The molecule has 0 aliphatic carbocycles. The summed E-state index contributed by atoms with van der Waals surface area (Å²) in [6, 6.07) is -0.446. The van der Waals surface area contributed by atoms with E-state index >= 15 is 0 Å². The van der Waals surface area contributed by atoms with Gasteiger partial charge in [-0.2, -0.15) is 9.59 Å². The number of carboxylic acid groups (broad SMARTS) is 1. The molecule has 104 valence electrons. The van der Waals surface area contributed by atoms with E-state index in [0.717, 1.165) is 0 Å². The molecule has 8 nitrogen and oxygen atoms in total. The van der Waals surface area contributed by atoms with Crippen LogP contribution < -0.4 is 0 Å². The first kappa shape index (κ1) is 13.5. The molecule has 2 rings (SSSR count). The van der Waals surface area contributed by atoms with Gasteiger partial charge >= 0.3 is 12.2 Å². The Labute approximate surface area is 109 Å². The highest BCUT2D eigenvalue weighted by Crippen LogP contribution is 2.29. The molecule has 2 saturated heterocycles. The van der Waals surface area contributed by atoms with Crippen molar-refractivity contribution in [2.75, 3.05) is 6.54 Å². The second-order valence-electron chi connectivity index (χ2n) is 4.81. The minimum Gasteiger partial charge on any atom is -0.435 e. The number of nitrogens with zero attached hydrogens (tertiary/aromatic N) is 2. The second-order valence-corrected chi connectivity index (χ2v) is 4.81. The topological polar surface area (TPSA) is 101 Å². The average molecular weight is 271 g/mol. The molecule has 19 heavy (non-hydrogen) atoms. The Morgan fingerprint density at radius 3 is 2.32 bits per heavy atom. The van der Waals surface area contributed by atoms with Crippen LogP contribution in [0.5, 0.6) is 0 Å². The first-order valence-electron chi connectivity index (χ1n) is 6.09. The van der Waals surface area contributed by atoms with Gasteiger partial charge in [-0.1, -0.05) is 5.06 Å². The molecule has 2 aliphatic rings. The lowest BCUT2D eigenvalue weighted by Crippen LogP contribution is -2.60. The maximum absolute atomic E-state index is 12.1. The van der Waals surface area contributed by atoms with Gasteiger partial charge in [0.25, 0.3) is 11.8 Å². The summed E-state index contributed by atoms with van der Waals surface area (Å²) in [5, 5.41) is 9.68. The lowest BCUT2D eigenvalue weighted by Gasteiger charge is -2.28. The Balaban J connectivity index is 2.20. The minimum atomic E-state index is -1.32. The fraction of sp³-hybridized carbons (Fsp3) is 0.636. The summed E-state index contributed by atoms with van der Waals surface area (Å²) in [6.07, 6.45) is -1.30. The molecular formula is C11H15N2O6+. The predicted molar refractivity (Wildman–Crippen MR) is 59.4 cm³/mol. The third kappa shape index (κ3) is 1.97. The molecule has 2 aliphatic heterocycles. The third-order valence-corrected chi connectivity index (χ3v) is 3.73. The van der Waals surface area contributed by atoms with E-state index in [-0.39, 0.29) is 19.4 Å². The molecular weight excluding hydrogens is 256 g/mol. The van der Waals surface area contributed by atoms with Crippen LogP contribution in [0, 0.1) is 0 Å². The van der Waals surface area contributed by atoms with Crippen molar-refractivity contribution in [3.05, 3.63) is 0 Å². The number of rotatable bonds is 1. The number of hydroxylamine groups is 2. The SMILES string of the molecule is C[C@@H]1CCC[N+]1(C(=O)O)C(=O)ON1C(=O)CCC1=O. The molecule has 8 heteroatoms. The number of imide groups is 2. The molecule has 2 atom stereocenters. The van der Waals surface area contributed by atoms with Crippen molar-refractivity contribution in [3.63, 3.8) is 0 Å². The van der Waals surface area contributed by atoms with Crippen LogP contribution in [0.25, 0.3) is 0 Å². The Bertz CT molecular complexity index is 446. The number of amides is 4. The number of hydrogen-bond acceptors (Lipinski definition) is 5. The van der Waals surface area contributed by atoms with Crippen molar-refractivity contribution in [2.24, 2.45) is 0 Å². The maximum Gasteiger partial charge on any atom is 0.552 e. The molecule has 0 aromatic carbocycles. The quantitative estimate of drug-likeness (QED) is 0.560. The van der Waals surface area contributed by atoms with Gasteiger partial charge in [-0.05, 0) is 6.92 Å². The van der Waals surface area contributed by atoms with Gasteiger partial charge < -0.3 is 5.11 Å². The first-order valence-corrected chi connectivity index (χ1v) is 6.09. The largest absolute Gasteiger partial charge is 0.552 e. The van der Waals surface area contributed by atoms with Gasteiger partial charge in [0.1, 0.15) is 12.6 Å². The average Bonchev–Trinajstić information content (AvgIpc) is 2.87. The highest BCUT2D eigenvalue weighted by Gasteiger charge is 2.56. The third-order valence-electron chi connectivity index (χ3n) is 3.73. The van der Waals surface area contributed by atoms with E-state index in [1.807, 2.05) is 0 Å². The number of carbonyl (C=O) groups excluding carboxylic acids is 3. The smallest absolute Gasteiger partial charge is 0.435 e. The number of carbonyl (C=O) groups is 4. The van der Waals surface area contributed by atoms with Crippen LogP contribution in [0.15, 0.2) is 0 Å². The van der Waals surface area contributed by atoms with Crippen molar-refractivity contribution >= 4 is 24.0 Å². The van der Waals surface area contributed by atoms with Gasteiger partial charge in [0.2, 0.25) is 0 Å². The van der Waals surface area contributed by atoms with Crippen LogP contribution in [-0.2, 0) is 14.4 Å². The fourth-order valence-electron chi connectivity index (χ4n) is 2.52. The van der Waals surface area contributed by atoms with Crippen molar-refractivity contribution in [2.45, 2.75) is 38.6 Å². The van der Waals surface area contributed by atoms with Crippen molar-refractivity contribution in [3.8, 4) is 0 Å². The molecule has 2 heterocycles. The molecule has 4 amide bonds. The van der Waals surface area contributed by atoms with E-state index in [0.29, 0.717) is 17.9 Å². The maximum atomic E-state index is 12.1. The summed E-state index contributed by atoms with van der Waals surface area (Å²) in [6.45, 7) is 1.74. The van der Waals surface area contributed by atoms with Crippen LogP contribution in [0.1, 0.15) is 32.6 Å². The zero-order valence-corrected chi connectivity index (χ0v) is 10.5. The molecule has 0 aromatic heterocycles. The second kappa shape index (κ2) is 4.61. The van der Waals surface area contributed by atoms with Crippen LogP contribution in [0.3, 0.4) is 0 Å². The Hall–Kier alpha value is -1.96. The van der Waals surface area contributed by atoms with E-state index in [2.05, 4.69) is 0 Å². The Kier molecular flexibility index (Phi) is 3.27. The molecule has 1 unspecified atom stereocenters. The molecule has 0 spiro atoms. The first-order chi connectivity index (χ1) is 8.89. The van der Waals surface area contributed by atoms with Crippen molar-refractivity contribution in [1.82, 2.24) is 5.06 Å². The van der Waals surface area contributed by atoms with Gasteiger partial charge in [0.15, 0.2) is 0 Å². The van der Waals surface area contributed by atoms with E-state index < -0.39 is 34.5 Å². The van der Waals surface area contributed by atoms with Crippen LogP contribution in [-0.4, -0.2) is 51.2 Å². The highest BCUT2D eigenvalue weighted by atomic mass is 16.7. The summed E-state index contributed by atoms with van der Waals surface area (Å²) >= 11 is 0. The van der Waals surface area contributed by atoms with Crippen LogP contribution >= 0.6 is 0 Å². The molecule has 1 N–H and O–H groups in total. The lowest BCUT2D eigenvalue weighted by atomic mass is 10.2. The number of hydrogen-bond donors (Lipinski definition) is 1. The zero-order chi connectivity index (χ0) is 14.2. The monoisotopic (exact) mass is 271 g/mol. The van der Waals surface area contributed by atoms with Crippen molar-refractivity contribution < 1.29 is 33.6 Å². The van der Waals surface area contributed by atoms with Crippen LogP contribution in [0.4, 0.5) is 9.59 Å². The summed E-state index contributed by atoms with van der Waals surface area (Å²) in [4.78, 5) is 51.0. The predicted octanol–water partition coefficient (Wildman–Crippen LogP) is 0.864. The standard InChI is InChI=1S/C11H14N2O6/c1-7-3-2-6-13(7,10(16)17)11(18)19-12-8(14)4-5-9(12)15/h7H,2-6H2,1H3/p+1/t7-,13?/m1/s1. The van der Waals surface area contributed by atoms with Gasteiger partial charge in [-0.15, -0.1) is 4.48 Å². The van der Waals surface area contributed by atoms with E-state index in [1.165, 1.54) is 0 Å². The van der Waals surface area contributed by atoms with E-state index in [4.69, 9.17) is 4.84 Å². The molecule has 0 bridgehead atoms. The van der Waals surface area contributed by atoms with Gasteiger partial charge in [0, 0.05) is 25.7 Å². The van der Waals surface area contributed by atoms with Gasteiger partial charge in [0.05, 0.1) is 0 Å². The normalized spacial score (nSPS) is 30.8. The van der Waals surface area contributed by atoms with E-state index in [9.17, 15) is 24.3 Å². The summed E-state index contributed by atoms with van der Waals surface area (Å²) in [5.74, 6) is -1.23. The zero-order valence-electron chi connectivity index (χ0n) is 10.5. The van der Waals surface area contributed by atoms with Gasteiger partial charge in [-0.25, -0.2) is 0 Å². The van der Waals surface area contributed by atoms with Crippen molar-refractivity contribution in [1.29, 1.82) is 0 Å². The fourth-order valence-corrected chi connectivity index (χ4v) is 2.52. The highest BCUT2D eigenvalue weighted by molar-refractivity contribution is 6.01. The summed E-state index contributed by atoms with van der Waals surface area (Å²) in [5.41, 5.74) is 0. The summed E-state index contributed by atoms with van der Waals surface area (Å²) < 4.78 is -0.892. The van der Waals surface area contributed by atoms with E-state index in [1.54, 1.807) is 6.92 Å². The van der Waals surface area contributed by atoms with Gasteiger partial charge in [-0.3, -0.25) is 14.4 Å². The Morgan fingerprint density at radius 2 is 1.89 bits per heavy atom. The number of quaternary nitrogens is 1. The van der Waals surface area contributed by atoms with Crippen LogP contribution in [0.2, 0.25) is 0 Å². The Morgan fingerprint density at radius 1 is 1.32 bits per heavy atom. The molecule has 0 radical (unpaired) electrons. The molecule has 0 saturated carbocycles.